The number of pyridine rings is 1. The lowest BCUT2D eigenvalue weighted by atomic mass is 10.2. The average molecular weight is 311 g/mol. The number of aromatic nitrogens is 3. The number of hydrogen-bond acceptors (Lipinski definition) is 6. The molecule has 2 heterocycles. The van der Waals surface area contributed by atoms with Gasteiger partial charge in [0.25, 0.3) is 10.9 Å². The number of rotatable bonds is 7. The number of nitrogens with one attached hydrogen (secondary N) is 2. The number of anilines is 2. The Labute approximate surface area is 132 Å². The maximum absolute atomic E-state index is 11.7. The van der Waals surface area contributed by atoms with Crippen molar-refractivity contribution in [3.63, 3.8) is 0 Å². The lowest BCUT2D eigenvalue weighted by Gasteiger charge is -2.15. The molecule has 0 spiro atoms. The Bertz CT molecular complexity index is 862. The van der Waals surface area contributed by atoms with E-state index in [1.165, 1.54) is 0 Å². The average Bonchev–Trinajstić information content (AvgIpc) is 2.99. The van der Waals surface area contributed by atoms with E-state index in [1.807, 2.05) is 35.9 Å². The number of hydrogen-bond donors (Lipinski definition) is 2. The Balaban J connectivity index is 1.60. The topological polar surface area (TPSA) is 88.9 Å². The van der Waals surface area contributed by atoms with Gasteiger partial charge < -0.3 is 10.6 Å². The first-order chi connectivity index (χ1) is 11.2. The van der Waals surface area contributed by atoms with E-state index in [0.29, 0.717) is 31.0 Å². The van der Waals surface area contributed by atoms with Crippen LogP contribution in [-0.2, 0) is 13.1 Å². The molecule has 0 bridgehead atoms. The van der Waals surface area contributed by atoms with Crippen molar-refractivity contribution in [2.75, 3.05) is 17.2 Å². The zero-order chi connectivity index (χ0) is 16.2. The van der Waals surface area contributed by atoms with Crippen molar-refractivity contribution < 1.29 is 0 Å². The molecule has 0 radical (unpaired) electrons. The van der Waals surface area contributed by atoms with Gasteiger partial charge in [0.15, 0.2) is 0 Å². The molecule has 0 saturated carbocycles. The Morgan fingerprint density at radius 1 is 1.04 bits per heavy atom. The number of nitrogens with zero attached hydrogens (tertiary/aromatic N) is 3. The molecule has 2 N–H and O–H groups in total. The van der Waals surface area contributed by atoms with Crippen LogP contribution in [-0.4, -0.2) is 21.3 Å². The summed E-state index contributed by atoms with van der Waals surface area (Å²) in [6.07, 6.45) is 3.41. The van der Waals surface area contributed by atoms with Gasteiger partial charge in [0.05, 0.1) is 18.8 Å². The highest BCUT2D eigenvalue weighted by atomic mass is 16.2. The molecule has 0 saturated heterocycles. The van der Waals surface area contributed by atoms with Crippen molar-refractivity contribution in [3.05, 3.63) is 68.5 Å². The van der Waals surface area contributed by atoms with Gasteiger partial charge in [-0.25, -0.2) is 0 Å². The molecule has 3 aromatic rings. The molecular weight excluding hydrogens is 294 g/mol. The third-order valence-electron chi connectivity index (χ3n) is 3.64. The summed E-state index contributed by atoms with van der Waals surface area (Å²) in [5.74, 6) is 0. The first-order valence-corrected chi connectivity index (χ1v) is 7.36. The molecule has 23 heavy (non-hydrogen) atoms. The van der Waals surface area contributed by atoms with Crippen molar-refractivity contribution in [1.82, 2.24) is 14.8 Å². The SMILES string of the molecule is Cc1ccnn1CCNc1c(NCc2ccccn2)c(=O)c1=O. The summed E-state index contributed by atoms with van der Waals surface area (Å²) < 4.78 is 1.83. The molecule has 0 atom stereocenters. The van der Waals surface area contributed by atoms with Crippen LogP contribution >= 0.6 is 0 Å². The minimum Gasteiger partial charge on any atom is -0.378 e. The highest BCUT2D eigenvalue weighted by Gasteiger charge is 2.20. The van der Waals surface area contributed by atoms with E-state index in [9.17, 15) is 9.59 Å². The van der Waals surface area contributed by atoms with Gasteiger partial charge in [-0.15, -0.1) is 0 Å². The Morgan fingerprint density at radius 3 is 2.48 bits per heavy atom. The van der Waals surface area contributed by atoms with Gasteiger partial charge in [0.2, 0.25) is 0 Å². The normalized spacial score (nSPS) is 10.8. The standard InChI is InChI=1S/C16H17N5O2/c1-11-5-7-20-21(11)9-8-18-13-14(16(23)15(13)22)19-10-12-4-2-3-6-17-12/h2-7,18-19H,8-10H2,1H3. The van der Waals surface area contributed by atoms with Crippen LogP contribution in [0.1, 0.15) is 11.4 Å². The Morgan fingerprint density at radius 2 is 1.83 bits per heavy atom. The molecule has 2 aromatic heterocycles. The minimum atomic E-state index is -0.487. The molecule has 7 heteroatoms. The summed E-state index contributed by atoms with van der Waals surface area (Å²) in [5.41, 5.74) is 1.56. The third-order valence-corrected chi connectivity index (χ3v) is 3.64. The van der Waals surface area contributed by atoms with Gasteiger partial charge in [-0.2, -0.15) is 5.10 Å². The number of aryl methyl sites for hydroxylation is 1. The van der Waals surface area contributed by atoms with Gasteiger partial charge in [-0.3, -0.25) is 19.3 Å². The monoisotopic (exact) mass is 311 g/mol. The molecule has 0 fully saturated rings. The summed E-state index contributed by atoms with van der Waals surface area (Å²) >= 11 is 0. The lowest BCUT2D eigenvalue weighted by molar-refractivity contribution is 0.619. The van der Waals surface area contributed by atoms with Crippen molar-refractivity contribution in [2.45, 2.75) is 20.0 Å². The van der Waals surface area contributed by atoms with Crippen molar-refractivity contribution in [2.24, 2.45) is 0 Å². The van der Waals surface area contributed by atoms with Gasteiger partial charge in [-0.1, -0.05) is 6.07 Å². The first-order valence-electron chi connectivity index (χ1n) is 7.36. The van der Waals surface area contributed by atoms with E-state index >= 15 is 0 Å². The molecule has 0 aliphatic rings. The molecule has 0 aliphatic carbocycles. The predicted octanol–water partition coefficient (Wildman–Crippen LogP) is 0.907. The van der Waals surface area contributed by atoms with Gasteiger partial charge >= 0.3 is 0 Å². The summed E-state index contributed by atoms with van der Waals surface area (Å²) in [6.45, 7) is 3.51. The van der Waals surface area contributed by atoms with Crippen LogP contribution in [0.15, 0.2) is 46.2 Å². The molecule has 3 rings (SSSR count). The van der Waals surface area contributed by atoms with Crippen molar-refractivity contribution in [3.8, 4) is 0 Å². The summed E-state index contributed by atoms with van der Waals surface area (Å²) in [7, 11) is 0. The fourth-order valence-corrected chi connectivity index (χ4v) is 2.33. The van der Waals surface area contributed by atoms with Crippen LogP contribution < -0.4 is 21.5 Å². The second kappa shape index (κ2) is 6.43. The van der Waals surface area contributed by atoms with E-state index in [-0.39, 0.29) is 0 Å². The van der Waals surface area contributed by atoms with E-state index < -0.39 is 10.9 Å². The predicted molar refractivity (Wildman–Crippen MR) is 88.4 cm³/mol. The van der Waals surface area contributed by atoms with E-state index in [1.54, 1.807) is 12.4 Å². The molecular formula is C16H17N5O2. The van der Waals surface area contributed by atoms with Crippen molar-refractivity contribution in [1.29, 1.82) is 0 Å². The van der Waals surface area contributed by atoms with Crippen LogP contribution in [0.2, 0.25) is 0 Å². The maximum Gasteiger partial charge on any atom is 0.253 e. The van der Waals surface area contributed by atoms with Crippen molar-refractivity contribution >= 4 is 11.4 Å². The Kier molecular flexibility index (Phi) is 4.18. The summed E-state index contributed by atoms with van der Waals surface area (Å²) in [5, 5.41) is 10.2. The van der Waals surface area contributed by atoms with Crippen LogP contribution in [0.4, 0.5) is 11.4 Å². The second-order valence-electron chi connectivity index (χ2n) is 5.21. The summed E-state index contributed by atoms with van der Waals surface area (Å²) in [4.78, 5) is 27.6. The molecule has 1 aromatic carbocycles. The Hall–Kier alpha value is -2.96. The first kappa shape index (κ1) is 15.0. The molecule has 0 aliphatic heterocycles. The summed E-state index contributed by atoms with van der Waals surface area (Å²) in [6, 6.07) is 7.46. The minimum absolute atomic E-state index is 0.331. The smallest absolute Gasteiger partial charge is 0.253 e. The zero-order valence-electron chi connectivity index (χ0n) is 12.7. The van der Waals surface area contributed by atoms with Crippen LogP contribution in [0.5, 0.6) is 0 Å². The van der Waals surface area contributed by atoms with Gasteiger partial charge in [0.1, 0.15) is 11.4 Å². The molecule has 0 amide bonds. The fraction of sp³-hybridized carbons (Fsp3) is 0.250. The second-order valence-corrected chi connectivity index (χ2v) is 5.21. The third kappa shape index (κ3) is 3.13. The highest BCUT2D eigenvalue weighted by molar-refractivity contribution is 5.73. The van der Waals surface area contributed by atoms with Crippen LogP contribution in [0.3, 0.4) is 0 Å². The van der Waals surface area contributed by atoms with Gasteiger partial charge in [-0.05, 0) is 25.1 Å². The van der Waals surface area contributed by atoms with Gasteiger partial charge in [0, 0.05) is 24.6 Å². The molecule has 7 nitrogen and oxygen atoms in total. The van der Waals surface area contributed by atoms with E-state index in [4.69, 9.17) is 0 Å². The van der Waals surface area contributed by atoms with Crippen LogP contribution in [0, 0.1) is 6.92 Å². The fourth-order valence-electron chi connectivity index (χ4n) is 2.33. The zero-order valence-corrected chi connectivity index (χ0v) is 12.7. The highest BCUT2D eigenvalue weighted by Crippen LogP contribution is 2.15. The van der Waals surface area contributed by atoms with Crippen LogP contribution in [0.25, 0.3) is 0 Å². The quantitative estimate of drug-likeness (QED) is 0.630. The van der Waals surface area contributed by atoms with E-state index in [2.05, 4.69) is 20.7 Å². The maximum atomic E-state index is 11.7. The molecule has 118 valence electrons. The largest absolute Gasteiger partial charge is 0.378 e. The molecule has 0 unspecified atom stereocenters. The lowest BCUT2D eigenvalue weighted by Crippen LogP contribution is -2.38. The van der Waals surface area contributed by atoms with E-state index in [0.717, 1.165) is 11.4 Å².